The van der Waals surface area contributed by atoms with Crippen LogP contribution in [0.1, 0.15) is 17.5 Å². The average Bonchev–Trinajstić information content (AvgIpc) is 3.01. The second-order valence-corrected chi connectivity index (χ2v) is 5.87. The van der Waals surface area contributed by atoms with Gasteiger partial charge in [-0.25, -0.2) is 0 Å². The molecule has 3 nitrogen and oxygen atoms in total. The third kappa shape index (κ3) is 5.40. The van der Waals surface area contributed by atoms with Gasteiger partial charge in [0.25, 0.3) is 0 Å². The molecular formula is C16H20ClN3S. The van der Waals surface area contributed by atoms with Crippen LogP contribution in [0.5, 0.6) is 0 Å². The molecule has 1 heterocycles. The van der Waals surface area contributed by atoms with Gasteiger partial charge in [-0.15, -0.1) is 0 Å². The molecule has 0 aliphatic heterocycles. The molecule has 0 unspecified atom stereocenters. The number of aryl methyl sites for hydroxylation is 1. The third-order valence-corrected chi connectivity index (χ3v) is 4.24. The molecule has 2 aromatic rings. The number of aliphatic imine (C=N–C) groups is 1. The molecule has 0 spiro atoms. The van der Waals surface area contributed by atoms with Crippen molar-refractivity contribution in [2.45, 2.75) is 19.4 Å². The number of hydrogen-bond acceptors (Lipinski definition) is 2. The Morgan fingerprint density at radius 3 is 2.81 bits per heavy atom. The molecular weight excluding hydrogens is 302 g/mol. The Kier molecular flexibility index (Phi) is 6.57. The van der Waals surface area contributed by atoms with E-state index in [0.717, 1.165) is 36.9 Å². The van der Waals surface area contributed by atoms with Crippen molar-refractivity contribution in [2.75, 3.05) is 13.6 Å². The van der Waals surface area contributed by atoms with Gasteiger partial charge in [-0.2, -0.15) is 11.3 Å². The summed E-state index contributed by atoms with van der Waals surface area (Å²) in [5, 5.41) is 11.7. The third-order valence-electron chi connectivity index (χ3n) is 3.14. The van der Waals surface area contributed by atoms with Gasteiger partial charge in [0.1, 0.15) is 0 Å². The maximum atomic E-state index is 6.14. The van der Waals surface area contributed by atoms with E-state index in [4.69, 9.17) is 11.6 Å². The fourth-order valence-corrected chi connectivity index (χ4v) is 2.89. The van der Waals surface area contributed by atoms with E-state index < -0.39 is 0 Å². The highest BCUT2D eigenvalue weighted by atomic mass is 35.5. The Hall–Kier alpha value is -1.52. The fraction of sp³-hybridized carbons (Fsp3) is 0.312. The Morgan fingerprint density at radius 2 is 2.10 bits per heavy atom. The molecule has 1 aromatic heterocycles. The fourth-order valence-electron chi connectivity index (χ4n) is 1.99. The largest absolute Gasteiger partial charge is 0.356 e. The lowest BCUT2D eigenvalue weighted by Crippen LogP contribution is -2.37. The van der Waals surface area contributed by atoms with E-state index in [1.54, 1.807) is 18.4 Å². The summed E-state index contributed by atoms with van der Waals surface area (Å²) in [5.74, 6) is 0.834. The first-order chi connectivity index (χ1) is 10.3. The van der Waals surface area contributed by atoms with Crippen LogP contribution in [0.3, 0.4) is 0 Å². The van der Waals surface area contributed by atoms with Gasteiger partial charge in [-0.1, -0.05) is 29.8 Å². The molecule has 21 heavy (non-hydrogen) atoms. The maximum absolute atomic E-state index is 6.14. The highest BCUT2D eigenvalue weighted by Crippen LogP contribution is 2.16. The van der Waals surface area contributed by atoms with Gasteiger partial charge in [0.15, 0.2) is 5.96 Å². The number of nitrogens with one attached hydrogen (secondary N) is 2. The van der Waals surface area contributed by atoms with Gasteiger partial charge < -0.3 is 10.6 Å². The average molecular weight is 322 g/mol. The smallest absolute Gasteiger partial charge is 0.191 e. The van der Waals surface area contributed by atoms with Crippen molar-refractivity contribution in [1.82, 2.24) is 10.6 Å². The lowest BCUT2D eigenvalue weighted by atomic mass is 10.1. The SMILES string of the molecule is CN=C(NCCCc1ccccc1Cl)NCc1ccsc1. The predicted molar refractivity (Wildman–Crippen MR) is 92.3 cm³/mol. The molecule has 0 aliphatic rings. The van der Waals surface area contributed by atoms with E-state index in [0.29, 0.717) is 0 Å². The van der Waals surface area contributed by atoms with Crippen LogP contribution in [-0.4, -0.2) is 19.6 Å². The summed E-state index contributed by atoms with van der Waals surface area (Å²) in [4.78, 5) is 4.22. The van der Waals surface area contributed by atoms with Gasteiger partial charge in [0.2, 0.25) is 0 Å². The lowest BCUT2D eigenvalue weighted by molar-refractivity contribution is 0.742. The molecule has 0 radical (unpaired) electrons. The molecule has 1 aromatic carbocycles. The molecule has 2 rings (SSSR count). The zero-order valence-electron chi connectivity index (χ0n) is 12.1. The van der Waals surface area contributed by atoms with Crippen molar-refractivity contribution in [3.63, 3.8) is 0 Å². The van der Waals surface area contributed by atoms with E-state index >= 15 is 0 Å². The molecule has 5 heteroatoms. The first-order valence-electron chi connectivity index (χ1n) is 6.98. The van der Waals surface area contributed by atoms with Crippen LogP contribution in [-0.2, 0) is 13.0 Å². The Labute approximate surface area is 135 Å². The standard InChI is InChI=1S/C16H20ClN3S/c1-18-16(20-11-13-8-10-21-12-13)19-9-4-6-14-5-2-3-7-15(14)17/h2-3,5,7-8,10,12H,4,6,9,11H2,1H3,(H2,18,19,20). The highest BCUT2D eigenvalue weighted by molar-refractivity contribution is 7.07. The number of halogens is 1. The first kappa shape index (κ1) is 15.9. The minimum absolute atomic E-state index is 0.799. The number of guanidine groups is 1. The maximum Gasteiger partial charge on any atom is 0.191 e. The summed E-state index contributed by atoms with van der Waals surface area (Å²) in [7, 11) is 1.79. The van der Waals surface area contributed by atoms with Crippen LogP contribution >= 0.6 is 22.9 Å². The molecule has 0 aliphatic carbocycles. The van der Waals surface area contributed by atoms with Crippen molar-refractivity contribution < 1.29 is 0 Å². The van der Waals surface area contributed by atoms with Crippen molar-refractivity contribution in [1.29, 1.82) is 0 Å². The van der Waals surface area contributed by atoms with Crippen LogP contribution in [0, 0.1) is 0 Å². The summed E-state index contributed by atoms with van der Waals surface area (Å²) in [6.45, 7) is 1.67. The monoisotopic (exact) mass is 321 g/mol. The van der Waals surface area contributed by atoms with E-state index in [1.807, 2.05) is 18.2 Å². The number of nitrogens with zero attached hydrogens (tertiary/aromatic N) is 1. The van der Waals surface area contributed by atoms with E-state index in [1.165, 1.54) is 11.1 Å². The number of rotatable bonds is 6. The second kappa shape index (κ2) is 8.70. The lowest BCUT2D eigenvalue weighted by Gasteiger charge is -2.11. The number of thiophene rings is 1. The van der Waals surface area contributed by atoms with Gasteiger partial charge in [-0.3, -0.25) is 4.99 Å². The van der Waals surface area contributed by atoms with Gasteiger partial charge in [0.05, 0.1) is 0 Å². The quantitative estimate of drug-likeness (QED) is 0.483. The first-order valence-corrected chi connectivity index (χ1v) is 8.30. The van der Waals surface area contributed by atoms with E-state index in [2.05, 4.69) is 38.5 Å². The highest BCUT2D eigenvalue weighted by Gasteiger charge is 2.00. The van der Waals surface area contributed by atoms with Crippen molar-refractivity contribution in [3.05, 3.63) is 57.2 Å². The minimum Gasteiger partial charge on any atom is -0.356 e. The summed E-state index contributed by atoms with van der Waals surface area (Å²) in [6, 6.07) is 10.1. The Balaban J connectivity index is 1.68. The van der Waals surface area contributed by atoms with Gasteiger partial charge in [-0.05, 0) is 46.9 Å². The molecule has 0 saturated carbocycles. The molecule has 2 N–H and O–H groups in total. The Bertz CT molecular complexity index is 567. The zero-order chi connectivity index (χ0) is 14.9. The molecule has 0 amide bonds. The minimum atomic E-state index is 0.799. The van der Waals surface area contributed by atoms with Crippen LogP contribution < -0.4 is 10.6 Å². The van der Waals surface area contributed by atoms with Crippen molar-refractivity contribution in [2.24, 2.45) is 4.99 Å². The van der Waals surface area contributed by atoms with Crippen molar-refractivity contribution in [3.8, 4) is 0 Å². The van der Waals surface area contributed by atoms with Crippen LogP contribution in [0.2, 0.25) is 5.02 Å². The van der Waals surface area contributed by atoms with Crippen molar-refractivity contribution >= 4 is 28.9 Å². The molecule has 0 atom stereocenters. The van der Waals surface area contributed by atoms with Gasteiger partial charge >= 0.3 is 0 Å². The number of hydrogen-bond donors (Lipinski definition) is 2. The molecule has 0 fully saturated rings. The second-order valence-electron chi connectivity index (χ2n) is 4.68. The topological polar surface area (TPSA) is 36.4 Å². The van der Waals surface area contributed by atoms with E-state index in [9.17, 15) is 0 Å². The molecule has 0 bridgehead atoms. The molecule has 0 saturated heterocycles. The predicted octanol–water partition coefficient (Wildman–Crippen LogP) is 3.70. The van der Waals surface area contributed by atoms with Crippen LogP contribution in [0.4, 0.5) is 0 Å². The zero-order valence-corrected chi connectivity index (χ0v) is 13.7. The summed E-state index contributed by atoms with van der Waals surface area (Å²) >= 11 is 7.85. The Morgan fingerprint density at radius 1 is 1.24 bits per heavy atom. The summed E-state index contributed by atoms with van der Waals surface area (Å²) in [5.41, 5.74) is 2.47. The summed E-state index contributed by atoms with van der Waals surface area (Å²) in [6.07, 6.45) is 1.98. The van der Waals surface area contributed by atoms with Gasteiger partial charge in [0, 0.05) is 25.2 Å². The number of benzene rings is 1. The molecule has 112 valence electrons. The van der Waals surface area contributed by atoms with Crippen LogP contribution in [0.25, 0.3) is 0 Å². The van der Waals surface area contributed by atoms with E-state index in [-0.39, 0.29) is 0 Å². The summed E-state index contributed by atoms with van der Waals surface area (Å²) < 4.78 is 0. The normalized spacial score (nSPS) is 11.4. The van der Waals surface area contributed by atoms with Crippen LogP contribution in [0.15, 0.2) is 46.1 Å².